The maximum absolute atomic E-state index is 12.5. The summed E-state index contributed by atoms with van der Waals surface area (Å²) >= 11 is 3.39. The predicted octanol–water partition coefficient (Wildman–Crippen LogP) is 3.34. The van der Waals surface area contributed by atoms with Gasteiger partial charge in [0.05, 0.1) is 23.3 Å². The zero-order valence-corrected chi connectivity index (χ0v) is 15.6. The third-order valence-electron chi connectivity index (χ3n) is 4.12. The molecule has 0 aliphatic heterocycles. The van der Waals surface area contributed by atoms with Gasteiger partial charge in [-0.15, -0.1) is 0 Å². The van der Waals surface area contributed by atoms with E-state index in [1.165, 1.54) is 10.9 Å². The molecule has 3 rings (SSSR count). The summed E-state index contributed by atoms with van der Waals surface area (Å²) in [7, 11) is 0. The van der Waals surface area contributed by atoms with Crippen LogP contribution in [-0.4, -0.2) is 15.5 Å². The molecule has 5 nitrogen and oxygen atoms in total. The number of aryl methyl sites for hydroxylation is 1. The molecule has 0 aliphatic rings. The molecule has 1 atom stereocenters. The summed E-state index contributed by atoms with van der Waals surface area (Å²) in [6.07, 6.45) is 1.43. The van der Waals surface area contributed by atoms with Gasteiger partial charge in [-0.1, -0.05) is 40.2 Å². The first-order valence-electron chi connectivity index (χ1n) is 7.95. The van der Waals surface area contributed by atoms with Crippen molar-refractivity contribution in [3.63, 3.8) is 0 Å². The summed E-state index contributed by atoms with van der Waals surface area (Å²) in [5.74, 6) is -0.230. The minimum Gasteiger partial charge on any atom is -0.348 e. The molecule has 1 unspecified atom stereocenters. The number of hydrogen-bond donors (Lipinski definition) is 1. The highest BCUT2D eigenvalue weighted by Crippen LogP contribution is 2.16. The van der Waals surface area contributed by atoms with E-state index in [9.17, 15) is 9.59 Å². The molecule has 0 aliphatic carbocycles. The normalized spacial score (nSPS) is 12.1. The van der Waals surface area contributed by atoms with Crippen molar-refractivity contribution in [2.24, 2.45) is 0 Å². The fourth-order valence-electron chi connectivity index (χ4n) is 2.73. The third kappa shape index (κ3) is 3.79. The third-order valence-corrected chi connectivity index (χ3v) is 4.65. The topological polar surface area (TPSA) is 64.0 Å². The van der Waals surface area contributed by atoms with Crippen LogP contribution < -0.4 is 10.9 Å². The van der Waals surface area contributed by atoms with Crippen molar-refractivity contribution >= 4 is 32.7 Å². The van der Waals surface area contributed by atoms with Crippen molar-refractivity contribution in [1.82, 2.24) is 14.9 Å². The maximum atomic E-state index is 12.5. The Hall–Kier alpha value is -2.47. The number of carbonyl (C=O) groups excluding carboxylic acids is 1. The van der Waals surface area contributed by atoms with Crippen LogP contribution in [0.3, 0.4) is 0 Å². The second-order valence-electron chi connectivity index (χ2n) is 5.99. The van der Waals surface area contributed by atoms with E-state index in [1.54, 1.807) is 6.07 Å². The summed E-state index contributed by atoms with van der Waals surface area (Å²) in [6, 6.07) is 13.1. The minimum absolute atomic E-state index is 0.0589. The van der Waals surface area contributed by atoms with Gasteiger partial charge in [0.1, 0.15) is 6.54 Å². The minimum atomic E-state index is -0.230. The van der Waals surface area contributed by atoms with E-state index in [0.29, 0.717) is 10.9 Å². The van der Waals surface area contributed by atoms with Crippen LogP contribution in [0.15, 0.2) is 58.1 Å². The van der Waals surface area contributed by atoms with Crippen LogP contribution in [-0.2, 0) is 11.3 Å². The first-order chi connectivity index (χ1) is 12.0. The van der Waals surface area contributed by atoms with Crippen LogP contribution >= 0.6 is 15.9 Å². The first kappa shape index (κ1) is 17.4. The van der Waals surface area contributed by atoms with Gasteiger partial charge < -0.3 is 5.32 Å². The quantitative estimate of drug-likeness (QED) is 0.731. The molecule has 0 fully saturated rings. The van der Waals surface area contributed by atoms with Gasteiger partial charge >= 0.3 is 0 Å². The summed E-state index contributed by atoms with van der Waals surface area (Å²) in [5, 5.41) is 3.43. The van der Waals surface area contributed by atoms with Crippen molar-refractivity contribution < 1.29 is 4.79 Å². The molecular weight excluding hydrogens is 382 g/mol. The van der Waals surface area contributed by atoms with E-state index >= 15 is 0 Å². The first-order valence-corrected chi connectivity index (χ1v) is 8.74. The number of fused-ring (bicyclic) bond motifs is 1. The van der Waals surface area contributed by atoms with E-state index in [0.717, 1.165) is 15.6 Å². The van der Waals surface area contributed by atoms with Crippen LogP contribution in [0.4, 0.5) is 0 Å². The molecule has 6 heteroatoms. The fourth-order valence-corrected chi connectivity index (χ4v) is 2.99. The summed E-state index contributed by atoms with van der Waals surface area (Å²) < 4.78 is 2.32. The molecular formula is C19H18BrN3O2. The van der Waals surface area contributed by atoms with Crippen LogP contribution in [0.2, 0.25) is 0 Å². The van der Waals surface area contributed by atoms with E-state index in [-0.39, 0.29) is 24.1 Å². The van der Waals surface area contributed by atoms with E-state index in [2.05, 4.69) is 26.2 Å². The lowest BCUT2D eigenvalue weighted by molar-refractivity contribution is -0.122. The average molecular weight is 400 g/mol. The van der Waals surface area contributed by atoms with E-state index in [1.807, 2.05) is 50.2 Å². The van der Waals surface area contributed by atoms with Gasteiger partial charge in [-0.3, -0.25) is 14.2 Å². The number of para-hydroxylation sites is 1. The Morgan fingerprint density at radius 3 is 2.68 bits per heavy atom. The fraction of sp³-hybridized carbons (Fsp3) is 0.211. The highest BCUT2D eigenvalue weighted by molar-refractivity contribution is 9.10. The van der Waals surface area contributed by atoms with Crippen molar-refractivity contribution in [2.45, 2.75) is 26.4 Å². The molecule has 2 aromatic carbocycles. The zero-order valence-electron chi connectivity index (χ0n) is 14.0. The molecule has 1 heterocycles. The van der Waals surface area contributed by atoms with Gasteiger partial charge in [0.2, 0.25) is 5.91 Å². The van der Waals surface area contributed by atoms with Gasteiger partial charge in [0.25, 0.3) is 5.56 Å². The molecule has 0 bridgehead atoms. The molecule has 25 heavy (non-hydrogen) atoms. The van der Waals surface area contributed by atoms with Crippen LogP contribution in [0.1, 0.15) is 24.1 Å². The summed E-state index contributed by atoms with van der Waals surface area (Å²) in [4.78, 5) is 29.2. The van der Waals surface area contributed by atoms with Crippen molar-refractivity contribution in [2.75, 3.05) is 0 Å². The van der Waals surface area contributed by atoms with Gasteiger partial charge in [-0.25, -0.2) is 4.98 Å². The van der Waals surface area contributed by atoms with Gasteiger partial charge in [0, 0.05) is 4.47 Å². The Bertz CT molecular complexity index is 980. The highest BCUT2D eigenvalue weighted by Gasteiger charge is 2.12. The Balaban J connectivity index is 1.77. The van der Waals surface area contributed by atoms with Gasteiger partial charge in [-0.2, -0.15) is 0 Å². The molecule has 0 radical (unpaired) electrons. The summed E-state index contributed by atoms with van der Waals surface area (Å²) in [6.45, 7) is 3.76. The lowest BCUT2D eigenvalue weighted by Gasteiger charge is -2.15. The van der Waals surface area contributed by atoms with Crippen LogP contribution in [0, 0.1) is 6.92 Å². The Kier molecular flexibility index (Phi) is 4.99. The molecule has 1 amide bonds. The van der Waals surface area contributed by atoms with E-state index < -0.39 is 0 Å². The highest BCUT2D eigenvalue weighted by atomic mass is 79.9. The number of amides is 1. The number of hydrogen-bond acceptors (Lipinski definition) is 3. The molecule has 3 aromatic rings. The number of carbonyl (C=O) groups is 1. The second-order valence-corrected chi connectivity index (χ2v) is 6.91. The number of halogens is 1. The van der Waals surface area contributed by atoms with Crippen molar-refractivity contribution in [3.05, 3.63) is 74.7 Å². The molecule has 0 spiro atoms. The smallest absolute Gasteiger partial charge is 0.261 e. The van der Waals surface area contributed by atoms with Gasteiger partial charge in [-0.05, 0) is 43.2 Å². The summed E-state index contributed by atoms with van der Waals surface area (Å²) in [5.41, 5.74) is 2.40. The van der Waals surface area contributed by atoms with Crippen molar-refractivity contribution in [3.8, 4) is 0 Å². The molecule has 1 N–H and O–H groups in total. The lowest BCUT2D eigenvalue weighted by atomic mass is 10.1. The number of nitrogens with zero attached hydrogens (tertiary/aromatic N) is 2. The van der Waals surface area contributed by atoms with E-state index in [4.69, 9.17) is 0 Å². The number of rotatable bonds is 4. The molecule has 1 aromatic heterocycles. The zero-order chi connectivity index (χ0) is 18.0. The number of aromatic nitrogens is 2. The maximum Gasteiger partial charge on any atom is 0.261 e. The SMILES string of the molecule is Cc1cccc2c(=O)n(CC(=O)NC(C)c3ccc(Br)cc3)cnc12. The molecule has 0 saturated heterocycles. The Labute approximate surface area is 153 Å². The van der Waals surface area contributed by atoms with Gasteiger partial charge in [0.15, 0.2) is 0 Å². The molecule has 128 valence electrons. The predicted molar refractivity (Wildman–Crippen MR) is 101 cm³/mol. The lowest BCUT2D eigenvalue weighted by Crippen LogP contribution is -2.34. The van der Waals surface area contributed by atoms with Crippen LogP contribution in [0.25, 0.3) is 10.9 Å². The largest absolute Gasteiger partial charge is 0.348 e. The standard InChI is InChI=1S/C19H18BrN3O2/c1-12-4-3-5-16-18(12)21-11-23(19(16)25)10-17(24)22-13(2)14-6-8-15(20)9-7-14/h3-9,11,13H,10H2,1-2H3,(H,22,24). The monoisotopic (exact) mass is 399 g/mol. The number of benzene rings is 2. The van der Waals surface area contributed by atoms with Crippen molar-refractivity contribution in [1.29, 1.82) is 0 Å². The second kappa shape index (κ2) is 7.19. The average Bonchev–Trinajstić information content (AvgIpc) is 2.58. The van der Waals surface area contributed by atoms with Crippen LogP contribution in [0.5, 0.6) is 0 Å². The Morgan fingerprint density at radius 1 is 1.24 bits per heavy atom. The number of nitrogens with one attached hydrogen (secondary N) is 1. The Morgan fingerprint density at radius 2 is 1.96 bits per heavy atom. The molecule has 0 saturated carbocycles.